The molecule has 2 unspecified atom stereocenters. The molecule has 1 heterocycles. The molecule has 1 saturated heterocycles. The first kappa shape index (κ1) is 20.2. The Balaban J connectivity index is 2.37. The third-order valence-electron chi connectivity index (χ3n) is 4.80. The van der Waals surface area contributed by atoms with Gasteiger partial charge in [0.15, 0.2) is 5.60 Å². The highest BCUT2D eigenvalue weighted by molar-refractivity contribution is 5.83. The van der Waals surface area contributed by atoms with Gasteiger partial charge in [-0.2, -0.15) is 0 Å². The van der Waals surface area contributed by atoms with Crippen molar-refractivity contribution < 1.29 is 14.3 Å². The Morgan fingerprint density at radius 2 is 1.70 bits per heavy atom. The molecule has 0 amide bonds. The summed E-state index contributed by atoms with van der Waals surface area (Å²) in [4.78, 5) is 12.0. The Labute approximate surface area is 142 Å². The Morgan fingerprint density at radius 3 is 2.30 bits per heavy atom. The van der Waals surface area contributed by atoms with Crippen LogP contribution in [0.25, 0.3) is 0 Å². The fourth-order valence-corrected chi connectivity index (χ4v) is 3.14. The van der Waals surface area contributed by atoms with E-state index in [9.17, 15) is 4.79 Å². The molecule has 1 rings (SSSR count). The summed E-state index contributed by atoms with van der Waals surface area (Å²) < 4.78 is 10.5. The van der Waals surface area contributed by atoms with E-state index < -0.39 is 5.60 Å². The van der Waals surface area contributed by atoms with Crippen molar-refractivity contribution in [2.45, 2.75) is 90.1 Å². The van der Waals surface area contributed by atoms with Crippen molar-refractivity contribution in [2.75, 3.05) is 13.7 Å². The van der Waals surface area contributed by atoms with Crippen LogP contribution in [0.4, 0.5) is 0 Å². The Morgan fingerprint density at radius 1 is 1.09 bits per heavy atom. The Hall–Kier alpha value is -0.830. The van der Waals surface area contributed by atoms with Gasteiger partial charge in [0.2, 0.25) is 0 Å². The monoisotopic (exact) mass is 324 g/mol. The molecule has 0 aromatic rings. The molecule has 0 aliphatic carbocycles. The number of allylic oxidation sites excluding steroid dienone is 1. The van der Waals surface area contributed by atoms with Crippen LogP contribution >= 0.6 is 0 Å². The third kappa shape index (κ3) is 7.07. The van der Waals surface area contributed by atoms with E-state index in [1.807, 2.05) is 0 Å². The molecule has 23 heavy (non-hydrogen) atoms. The summed E-state index contributed by atoms with van der Waals surface area (Å²) in [6, 6.07) is 0. The lowest BCUT2D eigenvalue weighted by atomic mass is 9.87. The topological polar surface area (TPSA) is 38.8 Å². The van der Waals surface area contributed by atoms with E-state index in [0.717, 1.165) is 19.3 Å². The molecular weight excluding hydrogens is 288 g/mol. The van der Waals surface area contributed by atoms with E-state index in [-0.39, 0.29) is 11.9 Å². The van der Waals surface area contributed by atoms with Gasteiger partial charge in [0, 0.05) is 5.92 Å². The first-order chi connectivity index (χ1) is 11.2. The molecule has 2 atom stereocenters. The molecule has 1 aliphatic rings. The molecule has 134 valence electrons. The van der Waals surface area contributed by atoms with Gasteiger partial charge in [-0.1, -0.05) is 77.4 Å². The zero-order chi connectivity index (χ0) is 17.0. The standard InChI is InChI=1S/C20H36O3/c1-4-6-8-9-10-11-12-14-16-18(15-13-7-5-2)20(17-23-20)19(21)22-3/h14,16,18H,4-13,15,17H2,1-3H3/b16-14-. The zero-order valence-corrected chi connectivity index (χ0v) is 15.4. The number of carbonyl (C=O) groups excluding carboxylic acids is 1. The smallest absolute Gasteiger partial charge is 0.341 e. The third-order valence-corrected chi connectivity index (χ3v) is 4.80. The average molecular weight is 325 g/mol. The summed E-state index contributed by atoms with van der Waals surface area (Å²) in [5.41, 5.74) is -0.680. The highest BCUT2D eigenvalue weighted by Gasteiger charge is 2.58. The van der Waals surface area contributed by atoms with Gasteiger partial charge in [-0.15, -0.1) is 0 Å². The van der Waals surface area contributed by atoms with Crippen molar-refractivity contribution in [3.05, 3.63) is 12.2 Å². The second kappa shape index (κ2) is 11.7. The number of epoxide rings is 1. The summed E-state index contributed by atoms with van der Waals surface area (Å²) >= 11 is 0. The van der Waals surface area contributed by atoms with Crippen LogP contribution in [0, 0.1) is 5.92 Å². The normalized spacial score (nSPS) is 21.5. The van der Waals surface area contributed by atoms with Crippen molar-refractivity contribution in [3.8, 4) is 0 Å². The van der Waals surface area contributed by atoms with Crippen LogP contribution in [0.5, 0.6) is 0 Å². The van der Waals surface area contributed by atoms with E-state index in [1.54, 1.807) is 0 Å². The van der Waals surface area contributed by atoms with Gasteiger partial charge in [-0.25, -0.2) is 4.79 Å². The van der Waals surface area contributed by atoms with Crippen molar-refractivity contribution >= 4 is 5.97 Å². The lowest BCUT2D eigenvalue weighted by Gasteiger charge is -2.19. The van der Waals surface area contributed by atoms with Crippen LogP contribution in [0.3, 0.4) is 0 Å². The van der Waals surface area contributed by atoms with Crippen LogP contribution in [0.1, 0.15) is 84.5 Å². The molecule has 0 aromatic heterocycles. The van der Waals surface area contributed by atoms with Gasteiger partial charge < -0.3 is 9.47 Å². The Bertz CT molecular complexity index is 345. The van der Waals surface area contributed by atoms with Crippen LogP contribution in [0.2, 0.25) is 0 Å². The van der Waals surface area contributed by atoms with Gasteiger partial charge in [-0.05, 0) is 19.3 Å². The van der Waals surface area contributed by atoms with Crippen molar-refractivity contribution in [1.82, 2.24) is 0 Å². The van der Waals surface area contributed by atoms with Crippen molar-refractivity contribution in [2.24, 2.45) is 5.92 Å². The van der Waals surface area contributed by atoms with Gasteiger partial charge in [-0.3, -0.25) is 0 Å². The molecule has 0 N–H and O–H groups in total. The average Bonchev–Trinajstić information content (AvgIpc) is 3.36. The number of esters is 1. The van der Waals surface area contributed by atoms with E-state index in [2.05, 4.69) is 26.0 Å². The predicted molar refractivity (Wildman–Crippen MR) is 95.5 cm³/mol. The lowest BCUT2D eigenvalue weighted by Crippen LogP contribution is -2.34. The predicted octanol–water partition coefficient (Wildman–Crippen LogP) is 5.43. The second-order valence-corrected chi connectivity index (χ2v) is 6.76. The maximum atomic E-state index is 12.0. The molecule has 0 spiro atoms. The molecule has 0 aromatic carbocycles. The highest BCUT2D eigenvalue weighted by atomic mass is 16.6. The second-order valence-electron chi connectivity index (χ2n) is 6.76. The number of methoxy groups -OCH3 is 1. The van der Waals surface area contributed by atoms with E-state index in [4.69, 9.17) is 9.47 Å². The fourth-order valence-electron chi connectivity index (χ4n) is 3.14. The number of ether oxygens (including phenoxy) is 2. The first-order valence-corrected chi connectivity index (χ1v) is 9.60. The maximum Gasteiger partial charge on any atom is 0.341 e. The number of rotatable bonds is 14. The molecule has 1 fully saturated rings. The summed E-state index contributed by atoms with van der Waals surface area (Å²) in [7, 11) is 1.45. The number of hydrogen-bond acceptors (Lipinski definition) is 3. The summed E-state index contributed by atoms with van der Waals surface area (Å²) in [5, 5.41) is 0. The first-order valence-electron chi connectivity index (χ1n) is 9.60. The van der Waals surface area contributed by atoms with Crippen LogP contribution in [-0.4, -0.2) is 25.3 Å². The number of unbranched alkanes of at least 4 members (excludes halogenated alkanes) is 8. The van der Waals surface area contributed by atoms with E-state index in [0.29, 0.717) is 6.61 Å². The number of carbonyl (C=O) groups is 1. The summed E-state index contributed by atoms with van der Waals surface area (Å²) in [5.74, 6) is -0.0372. The van der Waals surface area contributed by atoms with Crippen LogP contribution < -0.4 is 0 Å². The zero-order valence-electron chi connectivity index (χ0n) is 15.4. The molecular formula is C20H36O3. The molecule has 0 radical (unpaired) electrons. The van der Waals surface area contributed by atoms with Crippen LogP contribution in [-0.2, 0) is 14.3 Å². The summed E-state index contributed by atoms with van der Waals surface area (Å²) in [6.07, 6.45) is 18.0. The van der Waals surface area contributed by atoms with Crippen LogP contribution in [0.15, 0.2) is 12.2 Å². The Kier molecular flexibility index (Phi) is 10.3. The van der Waals surface area contributed by atoms with Gasteiger partial charge >= 0.3 is 5.97 Å². The quantitative estimate of drug-likeness (QED) is 0.185. The molecule has 1 aliphatic heterocycles. The SMILES string of the molecule is CCCCCCCC/C=C\C(CCCCC)C1(C(=O)OC)CO1. The van der Waals surface area contributed by atoms with E-state index in [1.165, 1.54) is 58.5 Å². The maximum absolute atomic E-state index is 12.0. The van der Waals surface area contributed by atoms with Crippen molar-refractivity contribution in [1.29, 1.82) is 0 Å². The van der Waals surface area contributed by atoms with Crippen molar-refractivity contribution in [3.63, 3.8) is 0 Å². The lowest BCUT2D eigenvalue weighted by molar-refractivity contribution is -0.148. The van der Waals surface area contributed by atoms with E-state index >= 15 is 0 Å². The van der Waals surface area contributed by atoms with Gasteiger partial charge in [0.1, 0.15) is 0 Å². The summed E-state index contributed by atoms with van der Waals surface area (Å²) in [6.45, 7) is 4.96. The minimum atomic E-state index is -0.680. The fraction of sp³-hybridized carbons (Fsp3) is 0.850. The molecule has 3 heteroatoms. The highest BCUT2D eigenvalue weighted by Crippen LogP contribution is 2.40. The largest absolute Gasteiger partial charge is 0.467 e. The minimum Gasteiger partial charge on any atom is -0.467 e. The number of hydrogen-bond donors (Lipinski definition) is 0. The van der Waals surface area contributed by atoms with Gasteiger partial charge in [0.25, 0.3) is 0 Å². The molecule has 3 nitrogen and oxygen atoms in total. The minimum absolute atomic E-state index is 0.168. The molecule has 0 saturated carbocycles. The molecule has 0 bridgehead atoms. The van der Waals surface area contributed by atoms with Gasteiger partial charge in [0.05, 0.1) is 13.7 Å².